The van der Waals surface area contributed by atoms with Gasteiger partial charge in [0, 0.05) is 31.4 Å². The van der Waals surface area contributed by atoms with Crippen LogP contribution in [0.3, 0.4) is 0 Å². The van der Waals surface area contributed by atoms with Crippen molar-refractivity contribution in [3.63, 3.8) is 0 Å². The number of hydrogen-bond donors (Lipinski definition) is 1. The van der Waals surface area contributed by atoms with Crippen LogP contribution >= 0.6 is 0 Å². The number of carbonyl (C=O) groups excluding carboxylic acids is 1. The Kier molecular flexibility index (Phi) is 7.47. The summed E-state index contributed by atoms with van der Waals surface area (Å²) >= 11 is 0. The average molecular weight is 516 g/mol. The predicted molar refractivity (Wildman–Crippen MR) is 136 cm³/mol. The van der Waals surface area contributed by atoms with Crippen LogP contribution in [0.1, 0.15) is 90.4 Å². The molecule has 1 N–H and O–H groups in total. The highest BCUT2D eigenvalue weighted by Crippen LogP contribution is 2.51. The Hall–Kier alpha value is -1.71. The summed E-state index contributed by atoms with van der Waals surface area (Å²) < 4.78 is 38.3. The van der Waals surface area contributed by atoms with Gasteiger partial charge in [0.1, 0.15) is 24.1 Å². The number of carbonyl (C=O) groups is 1. The molecule has 2 aliphatic carbocycles. The van der Waals surface area contributed by atoms with E-state index in [-0.39, 0.29) is 5.91 Å². The van der Waals surface area contributed by atoms with Gasteiger partial charge in [-0.1, -0.05) is 32.6 Å². The molecule has 2 spiro atoms. The van der Waals surface area contributed by atoms with Crippen LogP contribution in [0.25, 0.3) is 0 Å². The van der Waals surface area contributed by atoms with Gasteiger partial charge < -0.3 is 33.7 Å². The van der Waals surface area contributed by atoms with E-state index in [1.54, 1.807) is 0 Å². The summed E-state index contributed by atoms with van der Waals surface area (Å²) in [5.41, 5.74) is 0.687. The van der Waals surface area contributed by atoms with E-state index in [1.165, 1.54) is 12.8 Å². The second-order valence-corrected chi connectivity index (χ2v) is 11.3. The van der Waals surface area contributed by atoms with E-state index in [4.69, 9.17) is 28.4 Å². The summed E-state index contributed by atoms with van der Waals surface area (Å²) in [6.07, 6.45) is 10.5. The number of hydrogen-bond acceptors (Lipinski definition) is 7. The predicted octanol–water partition coefficient (Wildman–Crippen LogP) is 5.44. The van der Waals surface area contributed by atoms with E-state index in [0.29, 0.717) is 12.3 Å². The van der Waals surface area contributed by atoms with Gasteiger partial charge in [0.25, 0.3) is 5.91 Å². The Morgan fingerprint density at radius 3 is 2.14 bits per heavy atom. The van der Waals surface area contributed by atoms with Crippen LogP contribution < -0.4 is 10.1 Å². The lowest BCUT2D eigenvalue weighted by molar-refractivity contribution is -0.246. The summed E-state index contributed by atoms with van der Waals surface area (Å²) in [5, 5.41) is 3.02. The van der Waals surface area contributed by atoms with Crippen molar-refractivity contribution < 1.29 is 33.2 Å². The minimum Gasteiger partial charge on any atom is -0.494 e. The third-order valence-corrected chi connectivity index (χ3v) is 8.51. The molecule has 0 unspecified atom stereocenters. The molecule has 6 rings (SSSR count). The normalized spacial score (nSPS) is 33.7. The van der Waals surface area contributed by atoms with E-state index in [0.717, 1.165) is 76.4 Å². The van der Waals surface area contributed by atoms with Crippen LogP contribution in [-0.2, 0) is 28.5 Å². The van der Waals surface area contributed by atoms with Gasteiger partial charge in [0.2, 0.25) is 0 Å². The second-order valence-electron chi connectivity index (χ2n) is 11.3. The fourth-order valence-electron chi connectivity index (χ4n) is 6.56. The van der Waals surface area contributed by atoms with Crippen molar-refractivity contribution in [3.8, 4) is 5.75 Å². The molecule has 1 aromatic rings. The molecule has 3 heterocycles. The van der Waals surface area contributed by atoms with Crippen molar-refractivity contribution in [2.75, 3.05) is 11.9 Å². The largest absolute Gasteiger partial charge is 0.494 e. The highest BCUT2D eigenvalue weighted by Gasteiger charge is 2.65. The molecule has 5 atom stereocenters. The fourth-order valence-corrected chi connectivity index (χ4v) is 6.56. The Bertz CT molecular complexity index is 925. The van der Waals surface area contributed by atoms with E-state index in [1.807, 2.05) is 24.3 Å². The standard InChI is InChI=1S/C29H41NO7/c1-2-3-10-19-32-21-13-11-20(12-14-21)30-26(31)24-22-23(35-28(34-22)15-6-4-7-16-28)25-27(33-24)37-29(36-25)17-8-5-9-18-29/h11-14,22-25,27H,2-10,15-19H2,1H3,(H,30,31)/t22-,23-,24-,25+,27-/m0/s1. The number of anilines is 1. The smallest absolute Gasteiger partial charge is 0.256 e. The van der Waals surface area contributed by atoms with Crippen LogP contribution in [-0.4, -0.2) is 54.8 Å². The molecule has 5 fully saturated rings. The van der Waals surface area contributed by atoms with Gasteiger partial charge in [-0.25, -0.2) is 0 Å². The lowest BCUT2D eigenvalue weighted by Gasteiger charge is -2.36. The monoisotopic (exact) mass is 515 g/mol. The van der Waals surface area contributed by atoms with E-state index in [9.17, 15) is 4.79 Å². The van der Waals surface area contributed by atoms with Crippen LogP contribution in [0.2, 0.25) is 0 Å². The van der Waals surface area contributed by atoms with Crippen molar-refractivity contribution in [2.24, 2.45) is 0 Å². The minimum atomic E-state index is -0.847. The average Bonchev–Trinajstić information content (AvgIpc) is 3.45. The Labute approximate surface area is 219 Å². The Morgan fingerprint density at radius 1 is 0.838 bits per heavy atom. The topological polar surface area (TPSA) is 84.5 Å². The van der Waals surface area contributed by atoms with Gasteiger partial charge in [-0.05, 0) is 56.4 Å². The molecule has 1 aromatic carbocycles. The molecule has 8 nitrogen and oxygen atoms in total. The van der Waals surface area contributed by atoms with Crippen molar-refractivity contribution >= 4 is 11.6 Å². The molecule has 0 radical (unpaired) electrons. The summed E-state index contributed by atoms with van der Waals surface area (Å²) in [5.74, 6) is -0.753. The van der Waals surface area contributed by atoms with Gasteiger partial charge in [0.05, 0.1) is 6.61 Å². The fraction of sp³-hybridized carbons (Fsp3) is 0.759. The third-order valence-electron chi connectivity index (χ3n) is 8.51. The molecule has 5 aliphatic rings. The van der Waals surface area contributed by atoms with Crippen molar-refractivity contribution in [1.29, 1.82) is 0 Å². The van der Waals surface area contributed by atoms with Gasteiger partial charge >= 0.3 is 0 Å². The second kappa shape index (κ2) is 10.8. The molecule has 1 amide bonds. The summed E-state index contributed by atoms with van der Waals surface area (Å²) in [4.78, 5) is 13.6. The van der Waals surface area contributed by atoms with E-state index in [2.05, 4.69) is 12.2 Å². The van der Waals surface area contributed by atoms with Crippen molar-refractivity contribution in [1.82, 2.24) is 0 Å². The highest BCUT2D eigenvalue weighted by molar-refractivity contribution is 5.94. The van der Waals surface area contributed by atoms with Crippen LogP contribution in [0.4, 0.5) is 5.69 Å². The number of ether oxygens (including phenoxy) is 6. The van der Waals surface area contributed by atoms with Gasteiger partial charge in [-0.15, -0.1) is 0 Å². The molecule has 0 aromatic heterocycles. The lowest BCUT2D eigenvalue weighted by Crippen LogP contribution is -2.58. The summed E-state index contributed by atoms with van der Waals surface area (Å²) in [7, 11) is 0. The zero-order chi connectivity index (χ0) is 25.3. The van der Waals surface area contributed by atoms with Gasteiger partial charge in [-0.3, -0.25) is 4.79 Å². The summed E-state index contributed by atoms with van der Waals surface area (Å²) in [6, 6.07) is 7.48. The minimum absolute atomic E-state index is 0.255. The molecular formula is C29H41NO7. The third kappa shape index (κ3) is 5.28. The maximum atomic E-state index is 13.6. The van der Waals surface area contributed by atoms with Gasteiger partial charge in [-0.2, -0.15) is 0 Å². The first kappa shape index (κ1) is 25.6. The molecule has 204 valence electrons. The maximum absolute atomic E-state index is 13.6. The van der Waals surface area contributed by atoms with Crippen molar-refractivity contribution in [3.05, 3.63) is 24.3 Å². The molecular weight excluding hydrogens is 474 g/mol. The number of unbranched alkanes of at least 4 members (excludes halogenated alkanes) is 2. The number of amides is 1. The molecule has 8 heteroatoms. The van der Waals surface area contributed by atoms with Gasteiger partial charge in [0.15, 0.2) is 24.0 Å². The SMILES string of the molecule is CCCCCOc1ccc(NC(=O)[C@H]2O[C@H]3OC4(CCCCC4)O[C@@H]3[C@H]3OC4(CCCCC4)O[C@@H]32)cc1. The molecule has 3 saturated heterocycles. The first-order valence-corrected chi connectivity index (χ1v) is 14.5. The van der Waals surface area contributed by atoms with E-state index < -0.39 is 42.3 Å². The zero-order valence-corrected chi connectivity index (χ0v) is 22.0. The van der Waals surface area contributed by atoms with Crippen LogP contribution in [0, 0.1) is 0 Å². The maximum Gasteiger partial charge on any atom is 0.256 e. The zero-order valence-electron chi connectivity index (χ0n) is 22.0. The number of fused-ring (bicyclic) bond motifs is 3. The molecule has 2 saturated carbocycles. The molecule has 3 aliphatic heterocycles. The Balaban J connectivity index is 1.16. The van der Waals surface area contributed by atoms with Crippen molar-refractivity contribution in [2.45, 2.75) is 133 Å². The number of rotatable bonds is 7. The number of benzene rings is 1. The Morgan fingerprint density at radius 2 is 1.46 bits per heavy atom. The molecule has 37 heavy (non-hydrogen) atoms. The highest BCUT2D eigenvalue weighted by atomic mass is 16.9. The number of nitrogens with one attached hydrogen (secondary N) is 1. The molecule has 0 bridgehead atoms. The van der Waals surface area contributed by atoms with Crippen LogP contribution in [0.15, 0.2) is 24.3 Å². The van der Waals surface area contributed by atoms with E-state index >= 15 is 0 Å². The first-order chi connectivity index (χ1) is 18.1. The first-order valence-electron chi connectivity index (χ1n) is 14.5. The van der Waals surface area contributed by atoms with Crippen LogP contribution in [0.5, 0.6) is 5.75 Å². The quantitative estimate of drug-likeness (QED) is 0.484. The summed E-state index contributed by atoms with van der Waals surface area (Å²) in [6.45, 7) is 2.87. The lowest BCUT2D eigenvalue weighted by atomic mass is 9.94.